The number of carbonyl (C=O) groups is 1. The van der Waals surface area contributed by atoms with E-state index in [1.165, 1.54) is 0 Å². The Morgan fingerprint density at radius 1 is 1.00 bits per heavy atom. The van der Waals surface area contributed by atoms with Crippen LogP contribution in [0.3, 0.4) is 0 Å². The monoisotopic (exact) mass is 265 g/mol. The third kappa shape index (κ3) is 2.07. The van der Waals surface area contributed by atoms with Crippen LogP contribution in [0.4, 0.5) is 0 Å². The molecule has 0 aliphatic heterocycles. The average molecular weight is 265 g/mol. The van der Waals surface area contributed by atoms with E-state index in [4.69, 9.17) is 10.2 Å². The van der Waals surface area contributed by atoms with Crippen LogP contribution in [0.1, 0.15) is 10.4 Å². The molecule has 3 aromatic rings. The summed E-state index contributed by atoms with van der Waals surface area (Å²) in [5, 5.41) is 0.826. The van der Waals surface area contributed by atoms with Crippen molar-refractivity contribution in [2.75, 3.05) is 0 Å². The van der Waals surface area contributed by atoms with Crippen molar-refractivity contribution in [2.24, 2.45) is 5.73 Å². The van der Waals surface area contributed by atoms with Crippen molar-refractivity contribution in [1.82, 2.24) is 0 Å². The Bertz CT molecular complexity index is 865. The molecule has 0 saturated carbocycles. The Morgan fingerprint density at radius 3 is 2.60 bits per heavy atom. The first kappa shape index (κ1) is 12.2. The first-order valence-corrected chi connectivity index (χ1v) is 6.08. The summed E-state index contributed by atoms with van der Waals surface area (Å²) in [6.45, 7) is 0. The normalized spacial score (nSPS) is 10.6. The van der Waals surface area contributed by atoms with Gasteiger partial charge in [0, 0.05) is 10.9 Å². The third-order valence-electron chi connectivity index (χ3n) is 3.10. The minimum Gasteiger partial charge on any atom is -0.422 e. The Kier molecular flexibility index (Phi) is 2.84. The van der Waals surface area contributed by atoms with Gasteiger partial charge in [0.25, 0.3) is 0 Å². The summed E-state index contributed by atoms with van der Waals surface area (Å²) in [5.74, 6) is -0.531. The molecule has 0 atom stereocenters. The van der Waals surface area contributed by atoms with Gasteiger partial charge in [-0.25, -0.2) is 4.79 Å². The number of nitrogens with two attached hydrogens (primary N) is 1. The number of hydrogen-bond donors (Lipinski definition) is 1. The van der Waals surface area contributed by atoms with Crippen LogP contribution in [-0.2, 0) is 0 Å². The number of hydrogen-bond acceptors (Lipinski definition) is 3. The summed E-state index contributed by atoms with van der Waals surface area (Å²) in [7, 11) is 0. The molecule has 2 N–H and O–H groups in total. The van der Waals surface area contributed by atoms with Crippen LogP contribution < -0.4 is 11.4 Å². The molecule has 0 radical (unpaired) electrons. The van der Waals surface area contributed by atoms with Crippen molar-refractivity contribution in [1.29, 1.82) is 0 Å². The first-order valence-electron chi connectivity index (χ1n) is 6.08. The maximum atomic E-state index is 12.0. The average Bonchev–Trinajstić information content (AvgIpc) is 2.46. The molecule has 0 fully saturated rings. The summed E-state index contributed by atoms with van der Waals surface area (Å²) in [6.07, 6.45) is 0. The molecular weight excluding hydrogens is 254 g/mol. The van der Waals surface area contributed by atoms with E-state index in [-0.39, 0.29) is 0 Å². The zero-order valence-corrected chi connectivity index (χ0v) is 10.5. The molecule has 2 aromatic carbocycles. The van der Waals surface area contributed by atoms with Crippen LogP contribution in [0.5, 0.6) is 0 Å². The number of carbonyl (C=O) groups excluding carboxylic acids is 1. The van der Waals surface area contributed by atoms with Crippen molar-refractivity contribution in [3.05, 3.63) is 70.6 Å². The van der Waals surface area contributed by atoms with Gasteiger partial charge in [-0.15, -0.1) is 0 Å². The summed E-state index contributed by atoms with van der Waals surface area (Å²) >= 11 is 0. The molecule has 3 rings (SSSR count). The van der Waals surface area contributed by atoms with E-state index in [1.54, 1.807) is 42.5 Å². The molecule has 1 amide bonds. The van der Waals surface area contributed by atoms with E-state index in [0.717, 1.165) is 5.39 Å². The van der Waals surface area contributed by atoms with E-state index in [9.17, 15) is 9.59 Å². The first-order chi connectivity index (χ1) is 9.65. The highest BCUT2D eigenvalue weighted by Gasteiger charge is 2.09. The molecule has 0 aliphatic rings. The molecule has 1 heterocycles. The van der Waals surface area contributed by atoms with Crippen molar-refractivity contribution >= 4 is 16.9 Å². The second kappa shape index (κ2) is 4.66. The van der Waals surface area contributed by atoms with Gasteiger partial charge in [0.2, 0.25) is 5.91 Å². The molecular formula is C16H11NO3. The molecule has 20 heavy (non-hydrogen) atoms. The minimum atomic E-state index is -0.531. The fourth-order valence-electron chi connectivity index (χ4n) is 2.10. The minimum absolute atomic E-state index is 0.357. The zero-order valence-electron chi connectivity index (χ0n) is 10.5. The van der Waals surface area contributed by atoms with Crippen LogP contribution in [0, 0.1) is 0 Å². The maximum absolute atomic E-state index is 12.0. The molecule has 0 unspecified atom stereocenters. The molecule has 1 aromatic heterocycles. The van der Waals surface area contributed by atoms with E-state index in [0.29, 0.717) is 22.3 Å². The number of fused-ring (bicyclic) bond motifs is 1. The predicted octanol–water partition coefficient (Wildman–Crippen LogP) is 2.56. The van der Waals surface area contributed by atoms with Gasteiger partial charge in [-0.3, -0.25) is 4.79 Å². The lowest BCUT2D eigenvalue weighted by Gasteiger charge is -2.03. The molecule has 4 nitrogen and oxygen atoms in total. The molecule has 0 aliphatic carbocycles. The molecule has 0 bridgehead atoms. The Hall–Kier alpha value is -2.88. The van der Waals surface area contributed by atoms with Gasteiger partial charge in [0.05, 0.1) is 5.56 Å². The van der Waals surface area contributed by atoms with E-state index in [1.807, 2.05) is 12.1 Å². The van der Waals surface area contributed by atoms with Crippen molar-refractivity contribution in [2.45, 2.75) is 0 Å². The fourth-order valence-corrected chi connectivity index (χ4v) is 2.10. The quantitative estimate of drug-likeness (QED) is 0.724. The SMILES string of the molecule is NC(=O)c1cccc(-c2cc3ccccc3oc2=O)c1. The van der Waals surface area contributed by atoms with Crippen LogP contribution in [0.15, 0.2) is 63.8 Å². The van der Waals surface area contributed by atoms with Crippen LogP contribution in [-0.4, -0.2) is 5.91 Å². The van der Waals surface area contributed by atoms with Gasteiger partial charge in [-0.05, 0) is 29.8 Å². The fraction of sp³-hybridized carbons (Fsp3) is 0. The lowest BCUT2D eigenvalue weighted by Crippen LogP contribution is -2.11. The number of amides is 1. The second-order valence-corrected chi connectivity index (χ2v) is 4.43. The number of para-hydroxylation sites is 1. The summed E-state index contributed by atoms with van der Waals surface area (Å²) in [4.78, 5) is 23.2. The van der Waals surface area contributed by atoms with E-state index < -0.39 is 11.5 Å². The Labute approximate surface area is 114 Å². The van der Waals surface area contributed by atoms with Crippen LogP contribution in [0.2, 0.25) is 0 Å². The maximum Gasteiger partial charge on any atom is 0.344 e. The molecule has 98 valence electrons. The van der Waals surface area contributed by atoms with E-state index >= 15 is 0 Å². The smallest absolute Gasteiger partial charge is 0.344 e. The number of benzene rings is 2. The lowest BCUT2D eigenvalue weighted by molar-refractivity contribution is 0.100. The van der Waals surface area contributed by atoms with Gasteiger partial charge in [-0.2, -0.15) is 0 Å². The van der Waals surface area contributed by atoms with E-state index in [2.05, 4.69) is 0 Å². The van der Waals surface area contributed by atoms with Gasteiger partial charge >= 0.3 is 5.63 Å². The largest absolute Gasteiger partial charge is 0.422 e. The summed E-state index contributed by atoms with van der Waals surface area (Å²) in [5.41, 5.74) is 6.72. The summed E-state index contributed by atoms with van der Waals surface area (Å²) in [6, 6.07) is 15.6. The number of primary amides is 1. The molecule has 0 spiro atoms. The molecule has 4 heteroatoms. The van der Waals surface area contributed by atoms with Crippen LogP contribution in [0.25, 0.3) is 22.1 Å². The van der Waals surface area contributed by atoms with Gasteiger partial charge in [0.15, 0.2) is 0 Å². The lowest BCUT2D eigenvalue weighted by atomic mass is 10.0. The van der Waals surface area contributed by atoms with Gasteiger partial charge < -0.3 is 10.2 Å². The van der Waals surface area contributed by atoms with Crippen LogP contribution >= 0.6 is 0 Å². The molecule has 0 saturated heterocycles. The standard InChI is InChI=1S/C16H11NO3/c17-15(18)12-6-3-5-10(8-12)13-9-11-4-1-2-7-14(11)20-16(13)19/h1-9H,(H2,17,18). The van der Waals surface area contributed by atoms with Crippen molar-refractivity contribution < 1.29 is 9.21 Å². The Morgan fingerprint density at radius 2 is 1.80 bits per heavy atom. The highest BCUT2D eigenvalue weighted by Crippen LogP contribution is 2.21. The second-order valence-electron chi connectivity index (χ2n) is 4.43. The van der Waals surface area contributed by atoms with Crippen molar-refractivity contribution in [3.63, 3.8) is 0 Å². The Balaban J connectivity index is 2.24. The summed E-state index contributed by atoms with van der Waals surface area (Å²) < 4.78 is 5.28. The van der Waals surface area contributed by atoms with Gasteiger partial charge in [-0.1, -0.05) is 30.3 Å². The predicted molar refractivity (Wildman–Crippen MR) is 76.4 cm³/mol. The topological polar surface area (TPSA) is 73.3 Å². The zero-order chi connectivity index (χ0) is 14.1. The highest BCUT2D eigenvalue weighted by atomic mass is 16.4. The van der Waals surface area contributed by atoms with Gasteiger partial charge in [0.1, 0.15) is 5.58 Å². The van der Waals surface area contributed by atoms with Crippen molar-refractivity contribution in [3.8, 4) is 11.1 Å². The third-order valence-corrected chi connectivity index (χ3v) is 3.10. The number of rotatable bonds is 2. The highest BCUT2D eigenvalue weighted by molar-refractivity contribution is 5.94.